The minimum absolute atomic E-state index is 0.0805. The van der Waals surface area contributed by atoms with Crippen molar-refractivity contribution in [1.29, 1.82) is 0 Å². The Kier molecular flexibility index (Phi) is 3.78. The second kappa shape index (κ2) is 5.19. The van der Waals surface area contributed by atoms with Crippen LogP contribution in [-0.4, -0.2) is 14.7 Å². The van der Waals surface area contributed by atoms with E-state index in [1.807, 2.05) is 0 Å². The molecule has 0 aliphatic carbocycles. The number of ether oxygens (including phenoxy) is 1. The van der Waals surface area contributed by atoms with Crippen molar-refractivity contribution in [1.82, 2.24) is 0 Å². The van der Waals surface area contributed by atoms with Gasteiger partial charge >= 0.3 is 0 Å². The monoisotopic (exact) mass is 299 g/mol. The van der Waals surface area contributed by atoms with E-state index in [0.29, 0.717) is 10.8 Å². The molecule has 0 spiro atoms. The van der Waals surface area contributed by atoms with Gasteiger partial charge in [0.2, 0.25) is 0 Å². The van der Waals surface area contributed by atoms with E-state index in [1.165, 1.54) is 30.3 Å². The van der Waals surface area contributed by atoms with Crippen LogP contribution in [0.2, 0.25) is 5.02 Å². The lowest BCUT2D eigenvalue weighted by Gasteiger charge is -2.08. The van der Waals surface area contributed by atoms with Crippen molar-refractivity contribution >= 4 is 21.4 Å². The summed E-state index contributed by atoms with van der Waals surface area (Å²) in [7, 11) is -3.44. The van der Waals surface area contributed by atoms with E-state index in [9.17, 15) is 12.8 Å². The molecule has 0 unspecified atom stereocenters. The van der Waals surface area contributed by atoms with Gasteiger partial charge in [0.1, 0.15) is 5.75 Å². The molecule has 0 aromatic heterocycles. The molecule has 0 N–H and O–H groups in total. The fourth-order valence-corrected chi connectivity index (χ4v) is 2.21. The van der Waals surface area contributed by atoms with Crippen molar-refractivity contribution in [2.45, 2.75) is 4.90 Å². The van der Waals surface area contributed by atoms with E-state index in [4.69, 9.17) is 16.3 Å². The third kappa shape index (κ3) is 3.45. The Morgan fingerprint density at radius 1 is 1.26 bits per heavy atom. The molecule has 0 amide bonds. The Balaban J connectivity index is 2.32. The van der Waals surface area contributed by atoms with Crippen molar-refractivity contribution in [3.05, 3.63) is 53.3 Å². The zero-order valence-corrected chi connectivity index (χ0v) is 11.4. The molecule has 2 rings (SSSR count). The highest BCUT2D eigenvalue weighted by Gasteiger charge is 2.12. The molecule has 0 saturated carbocycles. The van der Waals surface area contributed by atoms with Crippen LogP contribution >= 0.6 is 11.6 Å². The average Bonchev–Trinajstić information content (AvgIpc) is 2.30. The summed E-state index contributed by atoms with van der Waals surface area (Å²) >= 11 is 5.75. The molecule has 0 fully saturated rings. The van der Waals surface area contributed by atoms with Crippen LogP contribution in [0.15, 0.2) is 41.3 Å². The summed E-state index contributed by atoms with van der Waals surface area (Å²) < 4.78 is 41.5. The smallest absolute Gasteiger partial charge is 0.175 e. The molecular formula is C13H9ClFO3S. The summed E-state index contributed by atoms with van der Waals surface area (Å²) in [6.07, 6.45) is 1.01. The predicted molar refractivity (Wildman–Crippen MR) is 69.9 cm³/mol. The van der Waals surface area contributed by atoms with Gasteiger partial charge in [0.15, 0.2) is 21.4 Å². The molecule has 1 radical (unpaired) electrons. The van der Waals surface area contributed by atoms with Crippen molar-refractivity contribution in [3.63, 3.8) is 0 Å². The van der Waals surface area contributed by atoms with E-state index < -0.39 is 15.7 Å². The van der Waals surface area contributed by atoms with Crippen molar-refractivity contribution < 1.29 is 17.5 Å². The van der Waals surface area contributed by atoms with Crippen molar-refractivity contribution in [3.8, 4) is 11.5 Å². The second-order valence-electron chi connectivity index (χ2n) is 3.85. The predicted octanol–water partition coefficient (Wildman–Crippen LogP) is 3.48. The third-order valence-corrected chi connectivity index (χ3v) is 3.61. The first-order chi connectivity index (χ1) is 8.86. The van der Waals surface area contributed by atoms with Crippen molar-refractivity contribution in [2.24, 2.45) is 0 Å². The number of rotatable bonds is 3. The molecule has 2 aromatic rings. The molecule has 0 heterocycles. The summed E-state index contributed by atoms with van der Waals surface area (Å²) in [6, 6.07) is 10.7. The Hall–Kier alpha value is -1.59. The number of hydrogen-bond donors (Lipinski definition) is 0. The van der Waals surface area contributed by atoms with Crippen LogP contribution in [0.4, 0.5) is 4.39 Å². The maximum Gasteiger partial charge on any atom is 0.175 e. The van der Waals surface area contributed by atoms with Gasteiger partial charge in [0.25, 0.3) is 0 Å². The average molecular weight is 300 g/mol. The van der Waals surface area contributed by atoms with Crippen LogP contribution in [0.3, 0.4) is 0 Å². The van der Waals surface area contributed by atoms with Gasteiger partial charge in [-0.3, -0.25) is 0 Å². The Morgan fingerprint density at radius 2 is 2.00 bits per heavy atom. The molecule has 19 heavy (non-hydrogen) atoms. The minimum Gasteiger partial charge on any atom is -0.454 e. The van der Waals surface area contributed by atoms with Gasteiger partial charge in [-0.05, 0) is 42.5 Å². The zero-order chi connectivity index (χ0) is 14.0. The van der Waals surface area contributed by atoms with E-state index in [-0.39, 0.29) is 10.6 Å². The first kappa shape index (κ1) is 13.8. The molecule has 0 aliphatic rings. The van der Waals surface area contributed by atoms with Gasteiger partial charge < -0.3 is 4.74 Å². The minimum atomic E-state index is -3.44. The first-order valence-electron chi connectivity index (χ1n) is 5.20. The molecule has 3 nitrogen and oxygen atoms in total. The van der Waals surface area contributed by atoms with E-state index in [0.717, 1.165) is 12.3 Å². The lowest BCUT2D eigenvalue weighted by molar-refractivity contribution is 0.440. The number of hydrogen-bond acceptors (Lipinski definition) is 3. The fraction of sp³-hybridized carbons (Fsp3) is 0.0769. The zero-order valence-electron chi connectivity index (χ0n) is 9.85. The normalized spacial score (nSPS) is 11.3. The van der Waals surface area contributed by atoms with Gasteiger partial charge in [-0.1, -0.05) is 11.6 Å². The van der Waals surface area contributed by atoms with E-state index in [2.05, 4.69) is 6.07 Å². The Morgan fingerprint density at radius 3 is 2.58 bits per heavy atom. The lowest BCUT2D eigenvalue weighted by atomic mass is 10.3. The van der Waals surface area contributed by atoms with Crippen LogP contribution in [0, 0.1) is 11.9 Å². The van der Waals surface area contributed by atoms with Crippen LogP contribution in [0.5, 0.6) is 11.5 Å². The topological polar surface area (TPSA) is 43.4 Å². The molecule has 0 atom stereocenters. The summed E-state index contributed by atoms with van der Waals surface area (Å²) in [5, 5.41) is 0.408. The highest BCUT2D eigenvalue weighted by Crippen LogP contribution is 2.27. The molecule has 0 aliphatic heterocycles. The number of halogens is 2. The summed E-state index contributed by atoms with van der Waals surface area (Å²) in [6.45, 7) is 0. The fourth-order valence-electron chi connectivity index (χ4n) is 1.40. The summed E-state index contributed by atoms with van der Waals surface area (Å²) in [5.41, 5.74) is 0. The lowest BCUT2D eigenvalue weighted by Crippen LogP contribution is -1.98. The summed E-state index contributed by atoms with van der Waals surface area (Å²) in [5.74, 6) is -0.524. The third-order valence-electron chi connectivity index (χ3n) is 2.29. The highest BCUT2D eigenvalue weighted by molar-refractivity contribution is 7.90. The Labute approximate surface area is 115 Å². The van der Waals surface area contributed by atoms with Crippen molar-refractivity contribution in [2.75, 3.05) is 6.26 Å². The molecule has 0 saturated heterocycles. The maximum atomic E-state index is 13.7. The van der Waals surface area contributed by atoms with E-state index >= 15 is 0 Å². The van der Waals surface area contributed by atoms with Crippen LogP contribution in [0.25, 0.3) is 0 Å². The van der Waals surface area contributed by atoms with Crippen LogP contribution < -0.4 is 4.74 Å². The van der Waals surface area contributed by atoms with Crippen LogP contribution in [-0.2, 0) is 9.84 Å². The van der Waals surface area contributed by atoms with Crippen LogP contribution in [0.1, 0.15) is 0 Å². The van der Waals surface area contributed by atoms with Gasteiger partial charge in [0.05, 0.1) is 4.90 Å². The standard InChI is InChI=1S/C13H9ClFO3S/c1-19(16,17)11-5-6-13(12(15)8-11)18-10-4-2-3-9(14)7-10/h3-8H,1H3. The summed E-state index contributed by atoms with van der Waals surface area (Å²) in [4.78, 5) is -0.102. The highest BCUT2D eigenvalue weighted by atomic mass is 35.5. The maximum absolute atomic E-state index is 13.7. The second-order valence-corrected chi connectivity index (χ2v) is 6.31. The number of sulfone groups is 1. The largest absolute Gasteiger partial charge is 0.454 e. The quantitative estimate of drug-likeness (QED) is 0.871. The number of benzene rings is 2. The molecule has 99 valence electrons. The molecule has 6 heteroatoms. The first-order valence-corrected chi connectivity index (χ1v) is 7.47. The van der Waals surface area contributed by atoms with Gasteiger partial charge in [-0.15, -0.1) is 0 Å². The van der Waals surface area contributed by atoms with E-state index in [1.54, 1.807) is 0 Å². The molecule has 2 aromatic carbocycles. The molecule has 0 bridgehead atoms. The SMILES string of the molecule is CS(=O)(=O)c1ccc(Oc2c[c]cc(Cl)c2)c(F)c1. The molecular weight excluding hydrogens is 291 g/mol. The van der Waals surface area contributed by atoms with Gasteiger partial charge in [-0.25, -0.2) is 12.8 Å². The van der Waals surface area contributed by atoms with Gasteiger partial charge in [0, 0.05) is 11.3 Å². The van der Waals surface area contributed by atoms with Gasteiger partial charge in [-0.2, -0.15) is 0 Å². The Bertz CT molecular complexity index is 714.